The number of benzene rings is 1. The van der Waals surface area contributed by atoms with E-state index in [2.05, 4.69) is 10.5 Å². The van der Waals surface area contributed by atoms with Gasteiger partial charge in [0, 0.05) is 25.2 Å². The molecule has 0 saturated carbocycles. The third-order valence-electron chi connectivity index (χ3n) is 2.77. The van der Waals surface area contributed by atoms with E-state index in [1.807, 2.05) is 26.0 Å². The zero-order valence-electron chi connectivity index (χ0n) is 11.3. The molecule has 0 aliphatic carbocycles. The van der Waals surface area contributed by atoms with Gasteiger partial charge in [0.15, 0.2) is 0 Å². The van der Waals surface area contributed by atoms with Crippen molar-refractivity contribution in [1.29, 1.82) is 0 Å². The summed E-state index contributed by atoms with van der Waals surface area (Å²) in [4.78, 5) is 13.5. The Morgan fingerprint density at radius 3 is 2.37 bits per heavy atom. The Balaban J connectivity index is 2.64. The smallest absolute Gasteiger partial charge is 0.321 e. The van der Waals surface area contributed by atoms with Crippen molar-refractivity contribution in [3.63, 3.8) is 0 Å². The summed E-state index contributed by atoms with van der Waals surface area (Å²) >= 11 is 0. The van der Waals surface area contributed by atoms with Crippen molar-refractivity contribution >= 4 is 17.6 Å². The van der Waals surface area contributed by atoms with Gasteiger partial charge >= 0.3 is 6.03 Å². The van der Waals surface area contributed by atoms with E-state index < -0.39 is 0 Å². The molecular formula is C13H20N4O2. The highest BCUT2D eigenvalue weighted by molar-refractivity contribution is 5.89. The number of nitrogens with zero attached hydrogens (tertiary/aromatic N) is 2. The lowest BCUT2D eigenvalue weighted by atomic mass is 10.1. The third kappa shape index (κ3) is 4.50. The second-order valence-electron chi connectivity index (χ2n) is 4.07. The first kappa shape index (κ1) is 14.8. The van der Waals surface area contributed by atoms with Gasteiger partial charge in [0.05, 0.1) is 0 Å². The number of amides is 2. The summed E-state index contributed by atoms with van der Waals surface area (Å²) in [5.41, 5.74) is 7.06. The van der Waals surface area contributed by atoms with Gasteiger partial charge in [-0.1, -0.05) is 17.3 Å². The fourth-order valence-corrected chi connectivity index (χ4v) is 1.66. The Kier molecular flexibility index (Phi) is 5.66. The highest BCUT2D eigenvalue weighted by Crippen LogP contribution is 2.11. The molecule has 4 N–H and O–H groups in total. The highest BCUT2D eigenvalue weighted by atomic mass is 16.4. The van der Waals surface area contributed by atoms with Gasteiger partial charge < -0.3 is 21.2 Å². The molecule has 0 fully saturated rings. The maximum absolute atomic E-state index is 11.8. The minimum atomic E-state index is -0.116. The molecule has 0 aromatic heterocycles. The Labute approximate surface area is 112 Å². The van der Waals surface area contributed by atoms with Crippen LogP contribution in [0.4, 0.5) is 10.5 Å². The van der Waals surface area contributed by atoms with Crippen LogP contribution in [-0.4, -0.2) is 35.1 Å². The largest absolute Gasteiger partial charge is 0.409 e. The molecule has 1 aromatic rings. The quantitative estimate of drug-likeness (QED) is 0.328. The van der Waals surface area contributed by atoms with E-state index in [9.17, 15) is 4.79 Å². The highest BCUT2D eigenvalue weighted by Gasteiger charge is 2.09. The zero-order valence-corrected chi connectivity index (χ0v) is 11.3. The lowest BCUT2D eigenvalue weighted by molar-refractivity contribution is 0.217. The molecule has 0 aliphatic rings. The van der Waals surface area contributed by atoms with Crippen molar-refractivity contribution in [2.24, 2.45) is 10.9 Å². The van der Waals surface area contributed by atoms with E-state index in [4.69, 9.17) is 10.9 Å². The number of carbonyl (C=O) groups excluding carboxylic acids is 1. The van der Waals surface area contributed by atoms with Crippen molar-refractivity contribution in [3.8, 4) is 0 Å². The van der Waals surface area contributed by atoms with Gasteiger partial charge in [-0.3, -0.25) is 0 Å². The van der Waals surface area contributed by atoms with Gasteiger partial charge in [-0.2, -0.15) is 0 Å². The molecule has 0 atom stereocenters. The number of amidine groups is 1. The SMILES string of the molecule is CCN(CC)C(=O)Nc1ccc(CC(N)=NO)cc1. The molecule has 2 amide bonds. The van der Waals surface area contributed by atoms with Crippen LogP contribution in [0.25, 0.3) is 0 Å². The van der Waals surface area contributed by atoms with Gasteiger partial charge in [0.1, 0.15) is 5.84 Å². The number of nitrogens with two attached hydrogens (primary N) is 1. The molecule has 0 saturated heterocycles. The molecule has 0 unspecified atom stereocenters. The van der Waals surface area contributed by atoms with E-state index in [1.54, 1.807) is 17.0 Å². The first-order chi connectivity index (χ1) is 9.10. The molecule has 0 aliphatic heterocycles. The molecular weight excluding hydrogens is 244 g/mol. The van der Waals surface area contributed by atoms with Crippen LogP contribution < -0.4 is 11.1 Å². The van der Waals surface area contributed by atoms with Crippen LogP contribution in [0.15, 0.2) is 29.4 Å². The molecule has 6 nitrogen and oxygen atoms in total. The Hall–Kier alpha value is -2.24. The summed E-state index contributed by atoms with van der Waals surface area (Å²) in [5, 5.41) is 14.2. The molecule has 0 bridgehead atoms. The van der Waals surface area contributed by atoms with Crippen LogP contribution >= 0.6 is 0 Å². The summed E-state index contributed by atoms with van der Waals surface area (Å²) in [7, 11) is 0. The van der Waals surface area contributed by atoms with E-state index in [1.165, 1.54) is 0 Å². The van der Waals surface area contributed by atoms with E-state index in [0.717, 1.165) is 11.3 Å². The fraction of sp³-hybridized carbons (Fsp3) is 0.385. The topological polar surface area (TPSA) is 91.0 Å². The average molecular weight is 264 g/mol. The average Bonchev–Trinajstić information content (AvgIpc) is 2.42. The summed E-state index contributed by atoms with van der Waals surface area (Å²) in [5.74, 6) is 0.153. The Bertz CT molecular complexity index is 438. The number of rotatable bonds is 5. The summed E-state index contributed by atoms with van der Waals surface area (Å²) in [6.45, 7) is 5.21. The second-order valence-corrected chi connectivity index (χ2v) is 4.07. The number of anilines is 1. The number of nitrogens with one attached hydrogen (secondary N) is 1. The Morgan fingerprint density at radius 2 is 1.89 bits per heavy atom. The van der Waals surface area contributed by atoms with Crippen molar-refractivity contribution in [2.45, 2.75) is 20.3 Å². The molecule has 0 radical (unpaired) electrons. The monoisotopic (exact) mass is 264 g/mol. The first-order valence-electron chi connectivity index (χ1n) is 6.22. The number of hydrogen-bond donors (Lipinski definition) is 3. The summed E-state index contributed by atoms with van der Waals surface area (Å²) in [6.07, 6.45) is 0.376. The fourth-order valence-electron chi connectivity index (χ4n) is 1.66. The maximum atomic E-state index is 11.8. The van der Waals surface area contributed by atoms with Crippen molar-refractivity contribution < 1.29 is 10.0 Å². The van der Waals surface area contributed by atoms with Crippen LogP contribution in [-0.2, 0) is 6.42 Å². The Morgan fingerprint density at radius 1 is 1.32 bits per heavy atom. The summed E-state index contributed by atoms with van der Waals surface area (Å²) in [6, 6.07) is 7.13. The van der Waals surface area contributed by atoms with Gasteiger partial charge in [-0.05, 0) is 31.5 Å². The van der Waals surface area contributed by atoms with Gasteiger partial charge in [-0.15, -0.1) is 0 Å². The standard InChI is InChI=1S/C13H20N4O2/c1-3-17(4-2)13(18)15-11-7-5-10(6-8-11)9-12(14)16-19/h5-8,19H,3-4,9H2,1-2H3,(H2,14,16)(H,15,18). The van der Waals surface area contributed by atoms with Crippen LogP contribution in [0.2, 0.25) is 0 Å². The van der Waals surface area contributed by atoms with Gasteiger partial charge in [-0.25, -0.2) is 4.79 Å². The van der Waals surface area contributed by atoms with Crippen molar-refractivity contribution in [1.82, 2.24) is 4.90 Å². The predicted molar refractivity (Wildman–Crippen MR) is 75.5 cm³/mol. The second kappa shape index (κ2) is 7.25. The normalized spacial score (nSPS) is 11.2. The number of urea groups is 1. The number of carbonyl (C=O) groups is 1. The number of hydrogen-bond acceptors (Lipinski definition) is 3. The van der Waals surface area contributed by atoms with Crippen LogP contribution in [0.1, 0.15) is 19.4 Å². The molecule has 1 aromatic carbocycles. The summed E-state index contributed by atoms with van der Waals surface area (Å²) < 4.78 is 0. The molecule has 0 heterocycles. The number of oxime groups is 1. The molecule has 1 rings (SSSR count). The predicted octanol–water partition coefficient (Wildman–Crippen LogP) is 1.85. The van der Waals surface area contributed by atoms with Crippen molar-refractivity contribution in [2.75, 3.05) is 18.4 Å². The van der Waals surface area contributed by atoms with Gasteiger partial charge in [0.2, 0.25) is 0 Å². The van der Waals surface area contributed by atoms with E-state index >= 15 is 0 Å². The van der Waals surface area contributed by atoms with Crippen LogP contribution in [0.5, 0.6) is 0 Å². The lowest BCUT2D eigenvalue weighted by Crippen LogP contribution is -2.34. The molecule has 19 heavy (non-hydrogen) atoms. The molecule has 104 valence electrons. The molecule has 0 spiro atoms. The third-order valence-corrected chi connectivity index (χ3v) is 2.77. The first-order valence-corrected chi connectivity index (χ1v) is 6.22. The van der Waals surface area contributed by atoms with Crippen molar-refractivity contribution in [3.05, 3.63) is 29.8 Å². The minimum absolute atomic E-state index is 0.116. The maximum Gasteiger partial charge on any atom is 0.321 e. The van der Waals surface area contributed by atoms with Crippen LogP contribution in [0.3, 0.4) is 0 Å². The lowest BCUT2D eigenvalue weighted by Gasteiger charge is -2.19. The molecule has 6 heteroatoms. The van der Waals surface area contributed by atoms with Gasteiger partial charge in [0.25, 0.3) is 0 Å². The zero-order chi connectivity index (χ0) is 14.3. The van der Waals surface area contributed by atoms with E-state index in [-0.39, 0.29) is 11.9 Å². The van der Waals surface area contributed by atoms with E-state index in [0.29, 0.717) is 19.5 Å². The minimum Gasteiger partial charge on any atom is -0.409 e. The van der Waals surface area contributed by atoms with Crippen LogP contribution in [0, 0.1) is 0 Å².